The summed E-state index contributed by atoms with van der Waals surface area (Å²) in [5, 5.41) is 0.907. The maximum atomic E-state index is 2.30. The van der Waals surface area contributed by atoms with E-state index in [-0.39, 0.29) is 0 Å². The van der Waals surface area contributed by atoms with Crippen LogP contribution in [0.2, 0.25) is 11.7 Å². The van der Waals surface area contributed by atoms with E-state index in [0.29, 0.717) is 0 Å². The Balaban J connectivity index is 3.10. The molecule has 0 heterocycles. The van der Waals surface area contributed by atoms with Gasteiger partial charge in [0.2, 0.25) is 0 Å². The van der Waals surface area contributed by atoms with E-state index in [1.807, 2.05) is 0 Å². The summed E-state index contributed by atoms with van der Waals surface area (Å²) in [6, 6.07) is 0. The molecule has 0 rings (SSSR count). The van der Waals surface area contributed by atoms with Crippen molar-refractivity contribution in [3.63, 3.8) is 0 Å². The third kappa shape index (κ3) is 4.55. The van der Waals surface area contributed by atoms with Gasteiger partial charge in [-0.3, -0.25) is 0 Å². The lowest BCUT2D eigenvalue weighted by Crippen LogP contribution is -2.22. The third-order valence-electron chi connectivity index (χ3n) is 0.885. The van der Waals surface area contributed by atoms with Gasteiger partial charge in [-0.05, 0) is 19.3 Å². The molecule has 0 saturated heterocycles. The Morgan fingerprint density at radius 3 is 2.00 bits per heavy atom. The van der Waals surface area contributed by atoms with Crippen LogP contribution in [-0.4, -0.2) is 37.9 Å². The SMILES string of the molecule is C[Si]C(C)[Si]N(C)C. The van der Waals surface area contributed by atoms with E-state index >= 15 is 0 Å². The van der Waals surface area contributed by atoms with Gasteiger partial charge >= 0.3 is 0 Å². The fourth-order valence-electron chi connectivity index (χ4n) is 0.452. The van der Waals surface area contributed by atoms with Crippen LogP contribution in [0.5, 0.6) is 0 Å². The van der Waals surface area contributed by atoms with Gasteiger partial charge in [-0.15, -0.1) is 0 Å². The normalized spacial score (nSPS) is 14.6. The summed E-state index contributed by atoms with van der Waals surface area (Å²) in [4.78, 5) is 0. The molecule has 1 nitrogen and oxygen atoms in total. The predicted molar refractivity (Wildman–Crippen MR) is 40.5 cm³/mol. The average Bonchev–Trinajstić information content (AvgIpc) is 1.65. The molecule has 0 fully saturated rings. The molecule has 1 atom stereocenters. The molecular formula is C5H13NSi2. The highest BCUT2D eigenvalue weighted by Gasteiger charge is 2.01. The molecule has 3 heteroatoms. The van der Waals surface area contributed by atoms with Gasteiger partial charge in [-0.25, -0.2) is 0 Å². The summed E-state index contributed by atoms with van der Waals surface area (Å²) >= 11 is 0. The van der Waals surface area contributed by atoms with Crippen molar-refractivity contribution in [2.75, 3.05) is 14.1 Å². The van der Waals surface area contributed by atoms with Gasteiger partial charge in [-0.2, -0.15) is 0 Å². The highest BCUT2D eigenvalue weighted by atomic mass is 28.3. The summed E-state index contributed by atoms with van der Waals surface area (Å²) in [7, 11) is 6.37. The molecule has 8 heavy (non-hydrogen) atoms. The fourth-order valence-corrected chi connectivity index (χ4v) is 2.52. The fraction of sp³-hybridized carbons (Fsp3) is 1.00. The molecule has 0 bridgehead atoms. The van der Waals surface area contributed by atoms with Crippen LogP contribution in [0.25, 0.3) is 0 Å². The molecule has 0 aliphatic carbocycles. The second kappa shape index (κ2) is 4.29. The zero-order chi connectivity index (χ0) is 6.57. The summed E-state index contributed by atoms with van der Waals surface area (Å²) < 4.78 is 2.27. The Labute approximate surface area is 57.2 Å². The molecule has 0 N–H and O–H groups in total. The van der Waals surface area contributed by atoms with Gasteiger partial charge in [0.15, 0.2) is 0 Å². The molecule has 0 saturated carbocycles. The van der Waals surface area contributed by atoms with Crippen LogP contribution in [0.15, 0.2) is 0 Å². The number of rotatable bonds is 3. The van der Waals surface area contributed by atoms with Crippen molar-refractivity contribution in [2.45, 2.75) is 18.6 Å². The first kappa shape index (κ1) is 8.39. The highest BCUT2D eigenvalue weighted by molar-refractivity contribution is 6.56. The van der Waals surface area contributed by atoms with Crippen molar-refractivity contribution in [1.29, 1.82) is 0 Å². The Kier molecular flexibility index (Phi) is 4.50. The Bertz CT molecular complexity index is 56.4. The first-order valence-corrected chi connectivity index (χ1v) is 5.37. The van der Waals surface area contributed by atoms with Crippen LogP contribution in [0.3, 0.4) is 0 Å². The van der Waals surface area contributed by atoms with Crippen molar-refractivity contribution in [3.8, 4) is 0 Å². The summed E-state index contributed by atoms with van der Waals surface area (Å²) in [5.74, 6) is 0. The second-order valence-electron chi connectivity index (χ2n) is 2.03. The molecule has 0 aromatic rings. The zero-order valence-corrected chi connectivity index (χ0v) is 8.02. The molecule has 1 unspecified atom stereocenters. The van der Waals surface area contributed by atoms with E-state index in [1.165, 1.54) is 0 Å². The monoisotopic (exact) mass is 143 g/mol. The van der Waals surface area contributed by atoms with Crippen LogP contribution < -0.4 is 0 Å². The second-order valence-corrected chi connectivity index (χ2v) is 6.07. The lowest BCUT2D eigenvalue weighted by molar-refractivity contribution is 0.655. The Hall–Kier alpha value is 0.394. The molecular weight excluding hydrogens is 130 g/mol. The molecule has 0 spiro atoms. The maximum absolute atomic E-state index is 2.30. The number of nitrogens with zero attached hydrogens (tertiary/aromatic N) is 1. The van der Waals surface area contributed by atoms with Crippen molar-refractivity contribution >= 4 is 19.2 Å². The minimum absolute atomic E-state index is 0.907. The standard InChI is InChI=1S/C5H13NSi2/c1-5(7-4)8-6(2)3/h5H,1-4H3. The average molecular weight is 143 g/mol. The van der Waals surface area contributed by atoms with Crippen molar-refractivity contribution in [3.05, 3.63) is 0 Å². The largest absolute Gasteiger partial charge is 0.331 e. The van der Waals surface area contributed by atoms with E-state index < -0.39 is 0 Å². The van der Waals surface area contributed by atoms with E-state index in [0.717, 1.165) is 24.4 Å². The quantitative estimate of drug-likeness (QED) is 0.525. The molecule has 0 aliphatic rings. The van der Waals surface area contributed by atoms with E-state index in [1.54, 1.807) is 0 Å². The van der Waals surface area contributed by atoms with Gasteiger partial charge in [0.25, 0.3) is 0 Å². The topological polar surface area (TPSA) is 3.24 Å². The maximum Gasteiger partial charge on any atom is 0.141 e. The molecule has 0 amide bonds. The van der Waals surface area contributed by atoms with Crippen LogP contribution >= 0.6 is 0 Å². The zero-order valence-electron chi connectivity index (χ0n) is 6.02. The molecule has 4 radical (unpaired) electrons. The molecule has 0 aromatic heterocycles. The van der Waals surface area contributed by atoms with E-state index in [4.69, 9.17) is 0 Å². The van der Waals surface area contributed by atoms with Crippen molar-refractivity contribution in [2.24, 2.45) is 0 Å². The van der Waals surface area contributed by atoms with Crippen LogP contribution in [0.4, 0.5) is 0 Å². The van der Waals surface area contributed by atoms with E-state index in [9.17, 15) is 0 Å². The highest BCUT2D eigenvalue weighted by Crippen LogP contribution is 1.96. The van der Waals surface area contributed by atoms with E-state index in [2.05, 4.69) is 32.1 Å². The van der Waals surface area contributed by atoms with Crippen LogP contribution in [0, 0.1) is 0 Å². The third-order valence-corrected chi connectivity index (χ3v) is 3.91. The van der Waals surface area contributed by atoms with Gasteiger partial charge in [0, 0.05) is 9.52 Å². The van der Waals surface area contributed by atoms with Crippen molar-refractivity contribution in [1.82, 2.24) is 4.57 Å². The minimum atomic E-state index is 0.907. The Morgan fingerprint density at radius 2 is 1.88 bits per heavy atom. The minimum Gasteiger partial charge on any atom is -0.331 e. The van der Waals surface area contributed by atoms with Gasteiger partial charge in [-0.1, -0.05) is 13.5 Å². The summed E-state index contributed by atoms with van der Waals surface area (Å²) in [6.45, 7) is 4.57. The van der Waals surface area contributed by atoms with Gasteiger partial charge < -0.3 is 4.57 Å². The summed E-state index contributed by atoms with van der Waals surface area (Å²) in [6.07, 6.45) is 0. The first-order valence-electron chi connectivity index (χ1n) is 2.77. The van der Waals surface area contributed by atoms with Crippen molar-refractivity contribution < 1.29 is 0 Å². The molecule has 0 aromatic carbocycles. The van der Waals surface area contributed by atoms with Crippen LogP contribution in [-0.2, 0) is 0 Å². The van der Waals surface area contributed by atoms with Gasteiger partial charge in [0.1, 0.15) is 9.68 Å². The smallest absolute Gasteiger partial charge is 0.141 e. The lowest BCUT2D eigenvalue weighted by Gasteiger charge is -2.11. The summed E-state index contributed by atoms with van der Waals surface area (Å²) in [5.41, 5.74) is 0. The molecule has 0 aliphatic heterocycles. The van der Waals surface area contributed by atoms with Crippen LogP contribution in [0.1, 0.15) is 6.92 Å². The Morgan fingerprint density at radius 1 is 1.38 bits per heavy atom. The number of hydrogen-bond acceptors (Lipinski definition) is 1. The number of hydrogen-bond donors (Lipinski definition) is 0. The molecule has 46 valence electrons. The lowest BCUT2D eigenvalue weighted by atomic mass is 10.9. The van der Waals surface area contributed by atoms with Gasteiger partial charge in [0.05, 0.1) is 0 Å². The first-order chi connectivity index (χ1) is 3.66. The predicted octanol–water partition coefficient (Wildman–Crippen LogP) is 0.685.